The van der Waals surface area contributed by atoms with Gasteiger partial charge in [-0.05, 0) is 43.7 Å². The molecule has 3 aromatic heterocycles. The van der Waals surface area contributed by atoms with Crippen LogP contribution in [0, 0.1) is 13.8 Å². The lowest BCUT2D eigenvalue weighted by Gasteiger charge is -2.10. The van der Waals surface area contributed by atoms with Gasteiger partial charge in [-0.2, -0.15) is 0 Å². The number of rotatable bonds is 6. The molecule has 4 aromatic rings. The van der Waals surface area contributed by atoms with Crippen molar-refractivity contribution in [2.45, 2.75) is 38.8 Å². The molecule has 0 fully saturated rings. The number of hydrogen-bond acceptors (Lipinski definition) is 7. The van der Waals surface area contributed by atoms with Crippen LogP contribution in [0.2, 0.25) is 0 Å². The highest BCUT2D eigenvalue weighted by molar-refractivity contribution is 7.99. The number of Topliss-reactive ketones (excluding diaryl/α,β-unsaturated/α-hetero) is 1. The van der Waals surface area contributed by atoms with Gasteiger partial charge in [0.25, 0.3) is 0 Å². The second-order valence-corrected chi connectivity index (χ2v) is 9.32. The minimum atomic E-state index is 0.0390. The third kappa shape index (κ3) is 3.51. The number of fused-ring (bicyclic) bond motifs is 3. The van der Waals surface area contributed by atoms with Gasteiger partial charge in [-0.1, -0.05) is 25.6 Å². The van der Waals surface area contributed by atoms with Crippen LogP contribution in [-0.2, 0) is 0 Å². The first-order valence-electron chi connectivity index (χ1n) is 9.35. The number of nitrogens with zero attached hydrogens (tertiary/aromatic N) is 4. The minimum Gasteiger partial charge on any atom is -0.497 e. The molecular formula is C21H22N4O2S2. The fourth-order valence-corrected chi connectivity index (χ4v) is 5.08. The number of ether oxygens (including phenoxy) is 1. The van der Waals surface area contributed by atoms with Gasteiger partial charge in [0.1, 0.15) is 16.4 Å². The summed E-state index contributed by atoms with van der Waals surface area (Å²) in [6.45, 7) is 8.42. The summed E-state index contributed by atoms with van der Waals surface area (Å²) >= 11 is 3.08. The van der Waals surface area contributed by atoms with Crippen molar-refractivity contribution >= 4 is 44.7 Å². The molecule has 0 unspecified atom stereocenters. The number of carbonyl (C=O) groups is 1. The van der Waals surface area contributed by atoms with Crippen molar-refractivity contribution in [3.8, 4) is 5.75 Å². The van der Waals surface area contributed by atoms with E-state index < -0.39 is 0 Å². The van der Waals surface area contributed by atoms with Gasteiger partial charge in [0, 0.05) is 16.4 Å². The lowest BCUT2D eigenvalue weighted by Crippen LogP contribution is -2.07. The van der Waals surface area contributed by atoms with Gasteiger partial charge in [0.05, 0.1) is 18.2 Å². The summed E-state index contributed by atoms with van der Waals surface area (Å²) in [4.78, 5) is 19.8. The number of ketones is 1. The van der Waals surface area contributed by atoms with Crippen LogP contribution in [0.3, 0.4) is 0 Å². The van der Waals surface area contributed by atoms with Gasteiger partial charge >= 0.3 is 0 Å². The van der Waals surface area contributed by atoms with Crippen molar-refractivity contribution in [3.63, 3.8) is 0 Å². The van der Waals surface area contributed by atoms with Crippen LogP contribution in [0.1, 0.15) is 46.4 Å². The Morgan fingerprint density at radius 1 is 1.21 bits per heavy atom. The first-order chi connectivity index (χ1) is 13.9. The number of thiophene rings is 1. The standard InChI is InChI=1S/C21H22N4O2S2/c1-11(2)18-22-20-17(12(3)13(4)29-20)19-23-24-21(25(18)19)28-10-16(26)14-6-8-15(27-5)9-7-14/h6-9,11H,10H2,1-5H3. The smallest absolute Gasteiger partial charge is 0.197 e. The molecule has 0 aliphatic rings. The van der Waals surface area contributed by atoms with Crippen LogP contribution < -0.4 is 4.74 Å². The van der Waals surface area contributed by atoms with Crippen molar-refractivity contribution in [1.82, 2.24) is 19.6 Å². The third-order valence-corrected chi connectivity index (χ3v) is 6.96. The Kier molecular flexibility index (Phi) is 5.31. The maximum absolute atomic E-state index is 12.6. The van der Waals surface area contributed by atoms with Gasteiger partial charge in [-0.25, -0.2) is 4.98 Å². The Labute approximate surface area is 177 Å². The summed E-state index contributed by atoms with van der Waals surface area (Å²) in [5.41, 5.74) is 2.66. The van der Waals surface area contributed by atoms with Crippen LogP contribution in [0.4, 0.5) is 0 Å². The number of hydrogen-bond donors (Lipinski definition) is 0. The average Bonchev–Trinajstić information content (AvgIpc) is 3.26. The lowest BCUT2D eigenvalue weighted by atomic mass is 10.1. The zero-order valence-corrected chi connectivity index (χ0v) is 18.6. The fraction of sp³-hybridized carbons (Fsp3) is 0.333. The van der Waals surface area contributed by atoms with Gasteiger partial charge in [-0.3, -0.25) is 9.20 Å². The maximum atomic E-state index is 12.6. The molecule has 0 N–H and O–H groups in total. The summed E-state index contributed by atoms with van der Waals surface area (Å²) in [6, 6.07) is 7.16. The van der Waals surface area contributed by atoms with E-state index in [2.05, 4.69) is 37.9 Å². The molecule has 0 amide bonds. The molecule has 0 saturated carbocycles. The summed E-state index contributed by atoms with van der Waals surface area (Å²) in [7, 11) is 1.61. The number of thioether (sulfide) groups is 1. The molecule has 0 aliphatic carbocycles. The molecule has 6 nitrogen and oxygen atoms in total. The van der Waals surface area contributed by atoms with Crippen LogP contribution in [-0.4, -0.2) is 38.2 Å². The Bertz CT molecular complexity index is 1210. The topological polar surface area (TPSA) is 69.4 Å². The van der Waals surface area contributed by atoms with E-state index >= 15 is 0 Å². The SMILES string of the molecule is COc1ccc(C(=O)CSc2nnc3c4c(C)c(C)sc4nc(C(C)C)n23)cc1. The Hall–Kier alpha value is -2.45. The zero-order chi connectivity index (χ0) is 20.7. The van der Waals surface area contributed by atoms with E-state index in [-0.39, 0.29) is 17.5 Å². The van der Waals surface area contributed by atoms with Crippen molar-refractivity contribution in [3.05, 3.63) is 46.1 Å². The minimum absolute atomic E-state index is 0.0390. The van der Waals surface area contributed by atoms with E-state index in [1.807, 2.05) is 4.40 Å². The highest BCUT2D eigenvalue weighted by Crippen LogP contribution is 2.34. The van der Waals surface area contributed by atoms with Gasteiger partial charge < -0.3 is 4.74 Å². The molecule has 8 heteroatoms. The van der Waals surface area contributed by atoms with Crippen molar-refractivity contribution < 1.29 is 9.53 Å². The van der Waals surface area contributed by atoms with Crippen molar-refractivity contribution in [1.29, 1.82) is 0 Å². The lowest BCUT2D eigenvalue weighted by molar-refractivity contribution is 0.102. The van der Waals surface area contributed by atoms with Crippen molar-refractivity contribution in [2.75, 3.05) is 12.9 Å². The quantitative estimate of drug-likeness (QED) is 0.317. The first kappa shape index (κ1) is 19.8. The second-order valence-electron chi connectivity index (χ2n) is 7.17. The Balaban J connectivity index is 1.70. The molecule has 0 aliphatic heterocycles. The number of aromatic nitrogens is 4. The second kappa shape index (κ2) is 7.76. The number of aryl methyl sites for hydroxylation is 2. The monoisotopic (exact) mass is 426 g/mol. The number of carbonyl (C=O) groups excluding carboxylic acids is 1. The van der Waals surface area contributed by atoms with E-state index in [1.165, 1.54) is 22.2 Å². The van der Waals surface area contributed by atoms with Gasteiger partial charge in [0.15, 0.2) is 16.6 Å². The van der Waals surface area contributed by atoms with Gasteiger partial charge in [-0.15, -0.1) is 21.5 Å². The van der Waals surface area contributed by atoms with Crippen LogP contribution in [0.25, 0.3) is 15.9 Å². The third-order valence-electron chi connectivity index (χ3n) is 4.93. The maximum Gasteiger partial charge on any atom is 0.197 e. The molecule has 150 valence electrons. The number of benzene rings is 1. The zero-order valence-electron chi connectivity index (χ0n) is 17.0. The summed E-state index contributed by atoms with van der Waals surface area (Å²) in [5, 5.41) is 10.6. The molecule has 3 heterocycles. The molecule has 0 saturated heterocycles. The summed E-state index contributed by atoms with van der Waals surface area (Å²) < 4.78 is 7.17. The Morgan fingerprint density at radius 3 is 2.59 bits per heavy atom. The molecule has 0 bridgehead atoms. The Morgan fingerprint density at radius 2 is 1.93 bits per heavy atom. The largest absolute Gasteiger partial charge is 0.497 e. The van der Waals surface area contributed by atoms with Crippen LogP contribution >= 0.6 is 23.1 Å². The molecular weight excluding hydrogens is 404 g/mol. The molecule has 0 spiro atoms. The fourth-order valence-electron chi connectivity index (χ4n) is 3.21. The first-order valence-corrected chi connectivity index (χ1v) is 11.2. The van der Waals surface area contributed by atoms with Crippen LogP contribution in [0.5, 0.6) is 5.75 Å². The summed E-state index contributed by atoms with van der Waals surface area (Å²) in [6.07, 6.45) is 0. The highest BCUT2D eigenvalue weighted by Gasteiger charge is 2.21. The summed E-state index contributed by atoms with van der Waals surface area (Å²) in [5.74, 6) is 2.17. The van der Waals surface area contributed by atoms with E-state index in [1.54, 1.807) is 42.7 Å². The van der Waals surface area contributed by atoms with Crippen LogP contribution in [0.15, 0.2) is 29.4 Å². The van der Waals surface area contributed by atoms with E-state index in [0.717, 1.165) is 27.4 Å². The molecule has 4 rings (SSSR count). The van der Waals surface area contributed by atoms with Crippen molar-refractivity contribution in [2.24, 2.45) is 0 Å². The predicted molar refractivity (Wildman–Crippen MR) is 118 cm³/mol. The van der Waals surface area contributed by atoms with E-state index in [4.69, 9.17) is 9.72 Å². The molecule has 29 heavy (non-hydrogen) atoms. The normalized spacial score (nSPS) is 11.7. The highest BCUT2D eigenvalue weighted by atomic mass is 32.2. The number of methoxy groups -OCH3 is 1. The average molecular weight is 427 g/mol. The van der Waals surface area contributed by atoms with Gasteiger partial charge in [0.2, 0.25) is 0 Å². The molecule has 1 aromatic carbocycles. The van der Waals surface area contributed by atoms with E-state index in [0.29, 0.717) is 10.7 Å². The van der Waals surface area contributed by atoms with E-state index in [9.17, 15) is 4.79 Å². The predicted octanol–water partition coefficient (Wildman–Crippen LogP) is 5.06. The molecule has 0 radical (unpaired) electrons. The molecule has 0 atom stereocenters.